The maximum Gasteiger partial charge on any atom is 0.0212 e. The van der Waals surface area contributed by atoms with Gasteiger partial charge < -0.3 is 20.9 Å². The zero-order valence-corrected chi connectivity index (χ0v) is 15.2. The number of nitrogens with one attached hydrogen (secondary N) is 3. The van der Waals surface area contributed by atoms with E-state index in [2.05, 4.69) is 55.5 Å². The van der Waals surface area contributed by atoms with Crippen LogP contribution in [0.2, 0.25) is 0 Å². The second kappa shape index (κ2) is 6.04. The molecule has 0 radical (unpaired) electrons. The van der Waals surface area contributed by atoms with E-state index in [1.54, 1.807) is 0 Å². The fourth-order valence-electron chi connectivity index (χ4n) is 4.36. The molecule has 1 saturated carbocycles. The molecule has 0 aromatic carbocycles. The van der Waals surface area contributed by atoms with E-state index in [0.29, 0.717) is 6.04 Å². The van der Waals surface area contributed by atoms with E-state index in [1.165, 1.54) is 45.6 Å². The van der Waals surface area contributed by atoms with Crippen LogP contribution in [0.25, 0.3) is 0 Å². The first-order valence-electron chi connectivity index (χ1n) is 9.22. The summed E-state index contributed by atoms with van der Waals surface area (Å²) < 4.78 is 0. The highest BCUT2D eigenvalue weighted by Gasteiger charge is 2.53. The highest BCUT2D eigenvalue weighted by molar-refractivity contribution is 5.11. The maximum absolute atomic E-state index is 3.92. The van der Waals surface area contributed by atoms with Crippen molar-refractivity contribution in [1.29, 1.82) is 0 Å². The largest absolute Gasteiger partial charge is 0.316 e. The van der Waals surface area contributed by atoms with Gasteiger partial charge in [-0.15, -0.1) is 0 Å². The molecule has 4 atom stereocenters. The minimum atomic E-state index is 0.235. The van der Waals surface area contributed by atoms with Crippen molar-refractivity contribution < 1.29 is 0 Å². The van der Waals surface area contributed by atoms with E-state index in [1.807, 2.05) is 0 Å². The number of rotatable bonds is 6. The van der Waals surface area contributed by atoms with Crippen LogP contribution in [0.1, 0.15) is 47.5 Å². The van der Waals surface area contributed by atoms with Crippen molar-refractivity contribution in [1.82, 2.24) is 20.9 Å². The van der Waals surface area contributed by atoms with Gasteiger partial charge in [-0.3, -0.25) is 0 Å². The molecule has 0 aromatic rings. The van der Waals surface area contributed by atoms with Crippen LogP contribution in [0.3, 0.4) is 0 Å². The van der Waals surface area contributed by atoms with Gasteiger partial charge in [-0.25, -0.2) is 0 Å². The van der Waals surface area contributed by atoms with Crippen molar-refractivity contribution in [2.24, 2.45) is 11.8 Å². The molecule has 2 heterocycles. The van der Waals surface area contributed by atoms with E-state index in [-0.39, 0.29) is 11.1 Å². The molecular formula is C18H36N4. The van der Waals surface area contributed by atoms with E-state index >= 15 is 0 Å². The predicted molar refractivity (Wildman–Crippen MR) is 93.2 cm³/mol. The molecule has 128 valence electrons. The van der Waals surface area contributed by atoms with Gasteiger partial charge in [0.15, 0.2) is 0 Å². The molecule has 0 unspecified atom stereocenters. The standard InChI is InChI=1S/C18H36N4/c1-17(2,3)20-13-6-8-22(12-13)9-7-18(4,5)21-16-14-10-19-11-15(14)16/h13-16,19-21H,6-12H2,1-5H3/t13-,14-,15+,16+/m0/s1. The molecule has 0 spiro atoms. The number of nitrogens with zero attached hydrogens (tertiary/aromatic N) is 1. The van der Waals surface area contributed by atoms with Gasteiger partial charge in [0.25, 0.3) is 0 Å². The first-order chi connectivity index (χ1) is 10.2. The van der Waals surface area contributed by atoms with Gasteiger partial charge in [-0.05, 0) is 85.5 Å². The third-order valence-electron chi connectivity index (χ3n) is 5.61. The quantitative estimate of drug-likeness (QED) is 0.694. The average Bonchev–Trinajstić information content (AvgIpc) is 2.83. The first kappa shape index (κ1) is 16.7. The van der Waals surface area contributed by atoms with Crippen LogP contribution in [0.5, 0.6) is 0 Å². The lowest BCUT2D eigenvalue weighted by Crippen LogP contribution is -2.47. The Morgan fingerprint density at radius 3 is 2.36 bits per heavy atom. The summed E-state index contributed by atoms with van der Waals surface area (Å²) in [5.41, 5.74) is 0.504. The summed E-state index contributed by atoms with van der Waals surface area (Å²) in [7, 11) is 0. The Bertz CT molecular complexity index is 377. The Hall–Kier alpha value is -0.160. The van der Waals surface area contributed by atoms with Gasteiger partial charge in [0.1, 0.15) is 0 Å². The van der Waals surface area contributed by atoms with E-state index in [0.717, 1.165) is 17.9 Å². The number of piperidine rings is 1. The summed E-state index contributed by atoms with van der Waals surface area (Å²) in [6, 6.07) is 1.45. The molecule has 0 bridgehead atoms. The van der Waals surface area contributed by atoms with Crippen molar-refractivity contribution in [2.45, 2.75) is 70.6 Å². The summed E-state index contributed by atoms with van der Waals surface area (Å²) in [5.74, 6) is 1.82. The molecule has 0 amide bonds. The number of fused-ring (bicyclic) bond motifs is 1. The normalized spacial score (nSPS) is 35.9. The summed E-state index contributed by atoms with van der Waals surface area (Å²) >= 11 is 0. The maximum atomic E-state index is 3.92. The molecule has 1 aliphatic carbocycles. The lowest BCUT2D eigenvalue weighted by molar-refractivity contribution is 0.253. The molecule has 0 aromatic heterocycles. The van der Waals surface area contributed by atoms with Gasteiger partial charge >= 0.3 is 0 Å². The minimum Gasteiger partial charge on any atom is -0.316 e. The number of hydrogen-bond acceptors (Lipinski definition) is 4. The molecule has 3 fully saturated rings. The van der Waals surface area contributed by atoms with Crippen molar-refractivity contribution in [3.63, 3.8) is 0 Å². The minimum absolute atomic E-state index is 0.235. The van der Waals surface area contributed by atoms with Gasteiger partial charge in [0.05, 0.1) is 0 Å². The molecule has 3 rings (SSSR count). The number of hydrogen-bond donors (Lipinski definition) is 3. The smallest absolute Gasteiger partial charge is 0.0212 e. The predicted octanol–water partition coefficient (Wildman–Crippen LogP) is 1.42. The molecule has 2 saturated heterocycles. The summed E-state index contributed by atoms with van der Waals surface area (Å²) in [6.07, 6.45) is 2.54. The summed E-state index contributed by atoms with van der Waals surface area (Å²) in [6.45, 7) is 17.7. The highest BCUT2D eigenvalue weighted by atomic mass is 15.2. The van der Waals surface area contributed by atoms with Crippen LogP contribution >= 0.6 is 0 Å². The van der Waals surface area contributed by atoms with E-state index in [4.69, 9.17) is 0 Å². The summed E-state index contributed by atoms with van der Waals surface area (Å²) in [5, 5.41) is 11.2. The van der Waals surface area contributed by atoms with Gasteiger partial charge in [-0.2, -0.15) is 0 Å². The molecular weight excluding hydrogens is 272 g/mol. The van der Waals surface area contributed by atoms with Crippen LogP contribution < -0.4 is 16.0 Å². The molecule has 3 N–H and O–H groups in total. The second-order valence-corrected chi connectivity index (χ2v) is 9.47. The third-order valence-corrected chi connectivity index (χ3v) is 5.61. The van der Waals surface area contributed by atoms with Gasteiger partial charge in [0, 0.05) is 29.7 Å². The van der Waals surface area contributed by atoms with E-state index in [9.17, 15) is 0 Å². The molecule has 4 nitrogen and oxygen atoms in total. The average molecular weight is 309 g/mol. The van der Waals surface area contributed by atoms with E-state index < -0.39 is 0 Å². The van der Waals surface area contributed by atoms with Crippen molar-refractivity contribution in [3.8, 4) is 0 Å². The number of likely N-dealkylation sites (tertiary alicyclic amines) is 1. The Morgan fingerprint density at radius 1 is 1.05 bits per heavy atom. The Balaban J connectivity index is 1.37. The van der Waals surface area contributed by atoms with Crippen LogP contribution in [0.4, 0.5) is 0 Å². The Kier molecular flexibility index (Phi) is 4.59. The van der Waals surface area contributed by atoms with Crippen molar-refractivity contribution in [2.75, 3.05) is 32.7 Å². The van der Waals surface area contributed by atoms with Gasteiger partial charge in [-0.1, -0.05) is 0 Å². The Morgan fingerprint density at radius 2 is 1.73 bits per heavy atom. The second-order valence-electron chi connectivity index (χ2n) is 9.47. The SMILES string of the molecule is CC(C)(C)N[C@H]1CCN(CCC(C)(C)N[C@H]2[C@@H]3CNC[C@@H]32)C1. The van der Waals surface area contributed by atoms with Crippen LogP contribution in [-0.4, -0.2) is 60.8 Å². The van der Waals surface area contributed by atoms with Crippen molar-refractivity contribution >= 4 is 0 Å². The van der Waals surface area contributed by atoms with Crippen LogP contribution in [0, 0.1) is 11.8 Å². The molecule has 22 heavy (non-hydrogen) atoms. The zero-order valence-electron chi connectivity index (χ0n) is 15.2. The summed E-state index contributed by atoms with van der Waals surface area (Å²) in [4.78, 5) is 2.64. The fourth-order valence-corrected chi connectivity index (χ4v) is 4.36. The lowest BCUT2D eigenvalue weighted by atomic mass is 10.00. The van der Waals surface area contributed by atoms with Crippen molar-refractivity contribution in [3.05, 3.63) is 0 Å². The van der Waals surface area contributed by atoms with Crippen LogP contribution in [0.15, 0.2) is 0 Å². The third kappa shape index (κ3) is 4.22. The first-order valence-corrected chi connectivity index (χ1v) is 9.22. The fraction of sp³-hybridized carbons (Fsp3) is 1.00. The molecule has 3 aliphatic rings. The zero-order chi connectivity index (χ0) is 16.0. The molecule has 2 aliphatic heterocycles. The highest BCUT2D eigenvalue weighted by Crippen LogP contribution is 2.42. The van der Waals surface area contributed by atoms with Gasteiger partial charge in [0.2, 0.25) is 0 Å². The monoisotopic (exact) mass is 308 g/mol. The van der Waals surface area contributed by atoms with Crippen LogP contribution in [-0.2, 0) is 0 Å². The lowest BCUT2D eigenvalue weighted by Gasteiger charge is -2.30. The topological polar surface area (TPSA) is 39.3 Å². The molecule has 4 heteroatoms. The Labute approximate surface area is 136 Å².